The Morgan fingerprint density at radius 1 is 1.00 bits per heavy atom. The summed E-state index contributed by atoms with van der Waals surface area (Å²) in [6.45, 7) is 2.10. The normalized spacial score (nSPS) is 17.6. The fourth-order valence-corrected chi connectivity index (χ4v) is 5.07. The van der Waals surface area contributed by atoms with Gasteiger partial charge in [0, 0.05) is 25.3 Å². The third-order valence-corrected chi connectivity index (χ3v) is 7.12. The molecule has 154 valence electrons. The number of amides is 1. The molecule has 0 aliphatic carbocycles. The molecule has 2 heterocycles. The van der Waals surface area contributed by atoms with Gasteiger partial charge in [0.2, 0.25) is 10.0 Å². The third kappa shape index (κ3) is 4.29. The van der Waals surface area contributed by atoms with Crippen LogP contribution in [0, 0.1) is 0 Å². The first kappa shape index (κ1) is 19.9. The summed E-state index contributed by atoms with van der Waals surface area (Å²) in [5.41, 5.74) is 2.11. The van der Waals surface area contributed by atoms with E-state index in [1.165, 1.54) is 22.0 Å². The minimum Gasteiger partial charge on any atom is -0.484 e. The number of hydrogen-bond acceptors (Lipinski definition) is 5. The molecule has 8 heteroatoms. The van der Waals surface area contributed by atoms with E-state index in [1.54, 1.807) is 17.0 Å². The minimum absolute atomic E-state index is 0.0934. The van der Waals surface area contributed by atoms with Crippen molar-refractivity contribution in [1.29, 1.82) is 0 Å². The van der Waals surface area contributed by atoms with Gasteiger partial charge in [0.05, 0.1) is 18.1 Å². The Labute approximate surface area is 170 Å². The van der Waals surface area contributed by atoms with Gasteiger partial charge in [-0.3, -0.25) is 4.79 Å². The monoisotopic (exact) mass is 416 g/mol. The second-order valence-electron chi connectivity index (χ2n) is 7.05. The molecule has 2 aliphatic heterocycles. The number of rotatable bonds is 5. The van der Waals surface area contributed by atoms with Crippen molar-refractivity contribution < 1.29 is 22.7 Å². The van der Waals surface area contributed by atoms with Crippen molar-refractivity contribution in [3.05, 3.63) is 54.1 Å². The second-order valence-corrected chi connectivity index (χ2v) is 8.99. The predicted molar refractivity (Wildman–Crippen MR) is 109 cm³/mol. The molecule has 1 amide bonds. The maximum atomic E-state index is 12.7. The zero-order chi connectivity index (χ0) is 20.3. The lowest BCUT2D eigenvalue weighted by Crippen LogP contribution is -2.40. The molecule has 0 radical (unpaired) electrons. The van der Waals surface area contributed by atoms with E-state index in [9.17, 15) is 13.2 Å². The molecule has 0 aromatic heterocycles. The average molecular weight is 416 g/mol. The molecule has 0 unspecified atom stereocenters. The molecule has 7 nitrogen and oxygen atoms in total. The lowest BCUT2D eigenvalue weighted by molar-refractivity contribution is -0.120. The molecule has 0 N–H and O–H groups in total. The van der Waals surface area contributed by atoms with Gasteiger partial charge < -0.3 is 14.4 Å². The zero-order valence-corrected chi connectivity index (χ0v) is 16.9. The fourth-order valence-electron chi connectivity index (χ4n) is 3.66. The molecule has 4 rings (SSSR count). The van der Waals surface area contributed by atoms with Gasteiger partial charge in [0.1, 0.15) is 5.75 Å². The van der Waals surface area contributed by atoms with E-state index in [4.69, 9.17) is 9.47 Å². The van der Waals surface area contributed by atoms with Crippen molar-refractivity contribution >= 4 is 21.6 Å². The lowest BCUT2D eigenvalue weighted by Gasteiger charge is -2.29. The van der Waals surface area contributed by atoms with Gasteiger partial charge >= 0.3 is 0 Å². The Kier molecular flexibility index (Phi) is 5.84. The second kappa shape index (κ2) is 8.52. The number of para-hydroxylation sites is 1. The van der Waals surface area contributed by atoms with Crippen LogP contribution in [0.25, 0.3) is 0 Å². The Balaban J connectivity index is 1.39. The molecule has 29 heavy (non-hydrogen) atoms. The maximum absolute atomic E-state index is 12.7. The summed E-state index contributed by atoms with van der Waals surface area (Å²) in [7, 11) is -3.54. The first-order valence-electron chi connectivity index (χ1n) is 9.75. The topological polar surface area (TPSA) is 76.2 Å². The summed E-state index contributed by atoms with van der Waals surface area (Å²) in [6, 6.07) is 14.1. The van der Waals surface area contributed by atoms with Crippen molar-refractivity contribution in [3.63, 3.8) is 0 Å². The van der Waals surface area contributed by atoms with E-state index in [-0.39, 0.29) is 17.4 Å². The van der Waals surface area contributed by atoms with Crippen LogP contribution in [0.4, 0.5) is 5.69 Å². The molecular formula is C21H24N2O5S. The number of carbonyl (C=O) groups excluding carboxylic acids is 1. The molecule has 1 saturated heterocycles. The smallest absolute Gasteiger partial charge is 0.264 e. The number of hydrogen-bond donors (Lipinski definition) is 0. The van der Waals surface area contributed by atoms with E-state index in [1.807, 2.05) is 24.3 Å². The van der Waals surface area contributed by atoms with Crippen molar-refractivity contribution in [1.82, 2.24) is 4.31 Å². The summed E-state index contributed by atoms with van der Waals surface area (Å²) >= 11 is 0. The number of sulfonamides is 1. The van der Waals surface area contributed by atoms with Crippen LogP contribution in [0.3, 0.4) is 0 Å². The van der Waals surface area contributed by atoms with Crippen LogP contribution in [0.5, 0.6) is 5.75 Å². The summed E-state index contributed by atoms with van der Waals surface area (Å²) in [6.07, 6.45) is 1.90. The first-order valence-corrected chi connectivity index (χ1v) is 11.2. The number of carbonyl (C=O) groups is 1. The molecule has 0 bridgehead atoms. The largest absolute Gasteiger partial charge is 0.484 e. The number of fused-ring (bicyclic) bond motifs is 1. The number of morpholine rings is 1. The van der Waals surface area contributed by atoms with E-state index in [0.717, 1.165) is 18.5 Å². The Morgan fingerprint density at radius 3 is 2.48 bits per heavy atom. The highest BCUT2D eigenvalue weighted by Crippen LogP contribution is 2.27. The zero-order valence-electron chi connectivity index (χ0n) is 16.1. The van der Waals surface area contributed by atoms with Gasteiger partial charge in [-0.2, -0.15) is 4.31 Å². The number of ether oxygens (including phenoxy) is 2. The summed E-state index contributed by atoms with van der Waals surface area (Å²) < 4.78 is 37.6. The minimum atomic E-state index is -3.54. The van der Waals surface area contributed by atoms with Crippen LogP contribution < -0.4 is 9.64 Å². The number of aryl methyl sites for hydroxylation is 1. The molecule has 2 aliphatic rings. The highest BCUT2D eigenvalue weighted by Gasteiger charge is 2.26. The molecule has 1 fully saturated rings. The van der Waals surface area contributed by atoms with Crippen molar-refractivity contribution in [2.75, 3.05) is 44.4 Å². The van der Waals surface area contributed by atoms with Crippen LogP contribution in [0.2, 0.25) is 0 Å². The van der Waals surface area contributed by atoms with Gasteiger partial charge in [0.25, 0.3) is 5.91 Å². The van der Waals surface area contributed by atoms with Crippen LogP contribution in [0.1, 0.15) is 12.0 Å². The van der Waals surface area contributed by atoms with Gasteiger partial charge in [-0.25, -0.2) is 8.42 Å². The van der Waals surface area contributed by atoms with Crippen molar-refractivity contribution in [2.45, 2.75) is 17.7 Å². The third-order valence-electron chi connectivity index (χ3n) is 5.21. The van der Waals surface area contributed by atoms with E-state index in [0.29, 0.717) is 38.6 Å². The SMILES string of the molecule is O=C(COc1ccc(S(=O)(=O)N2CCOCC2)cc1)N1CCCc2ccccc21. The Hall–Kier alpha value is -2.42. The molecule has 2 aromatic carbocycles. The van der Waals surface area contributed by atoms with Crippen LogP contribution in [-0.4, -0.2) is 58.1 Å². The van der Waals surface area contributed by atoms with Gasteiger partial charge in [-0.05, 0) is 48.7 Å². The molecule has 0 saturated carbocycles. The number of nitrogens with zero attached hydrogens (tertiary/aromatic N) is 2. The number of benzene rings is 2. The number of anilines is 1. The summed E-state index contributed by atoms with van der Waals surface area (Å²) in [5, 5.41) is 0. The Morgan fingerprint density at radius 2 is 1.72 bits per heavy atom. The van der Waals surface area contributed by atoms with Gasteiger partial charge in [-0.1, -0.05) is 18.2 Å². The van der Waals surface area contributed by atoms with Crippen molar-refractivity contribution in [3.8, 4) is 5.75 Å². The van der Waals surface area contributed by atoms with Gasteiger partial charge in [-0.15, -0.1) is 0 Å². The highest BCUT2D eigenvalue weighted by atomic mass is 32.2. The van der Waals surface area contributed by atoms with Gasteiger partial charge in [0.15, 0.2) is 6.61 Å². The average Bonchev–Trinajstić information content (AvgIpc) is 2.78. The summed E-state index contributed by atoms with van der Waals surface area (Å²) in [5.74, 6) is 0.353. The fraction of sp³-hybridized carbons (Fsp3) is 0.381. The van der Waals surface area contributed by atoms with E-state index >= 15 is 0 Å². The molecular weight excluding hydrogens is 392 g/mol. The maximum Gasteiger partial charge on any atom is 0.264 e. The standard InChI is InChI=1S/C21H24N2O5S/c24-21(23-11-3-5-17-4-1-2-6-20(17)23)16-28-18-7-9-19(10-8-18)29(25,26)22-12-14-27-15-13-22/h1-2,4,6-10H,3,5,11-16H2. The lowest BCUT2D eigenvalue weighted by atomic mass is 10.0. The predicted octanol–water partition coefficient (Wildman–Crippen LogP) is 2.07. The van der Waals surface area contributed by atoms with E-state index < -0.39 is 10.0 Å². The van der Waals surface area contributed by atoms with Crippen LogP contribution in [-0.2, 0) is 26.0 Å². The summed E-state index contributed by atoms with van der Waals surface area (Å²) in [4.78, 5) is 14.6. The highest BCUT2D eigenvalue weighted by molar-refractivity contribution is 7.89. The molecule has 2 aromatic rings. The molecule has 0 spiro atoms. The van der Waals surface area contributed by atoms with Crippen LogP contribution in [0.15, 0.2) is 53.4 Å². The Bertz CT molecular complexity index is 969. The molecule has 0 atom stereocenters. The van der Waals surface area contributed by atoms with E-state index in [2.05, 4.69) is 0 Å². The quantitative estimate of drug-likeness (QED) is 0.746. The van der Waals surface area contributed by atoms with Crippen molar-refractivity contribution in [2.24, 2.45) is 0 Å². The first-order chi connectivity index (χ1) is 14.1. The van der Waals surface area contributed by atoms with Crippen LogP contribution >= 0.6 is 0 Å².